The van der Waals surface area contributed by atoms with Gasteiger partial charge in [-0.15, -0.1) is 0 Å². The lowest BCUT2D eigenvalue weighted by molar-refractivity contribution is -0.134. The molecule has 2 nitrogen and oxygen atoms in total. The predicted molar refractivity (Wildman–Crippen MR) is 87.3 cm³/mol. The lowest BCUT2D eigenvalue weighted by Gasteiger charge is -2.38. The molecule has 0 aromatic heterocycles. The van der Waals surface area contributed by atoms with Gasteiger partial charge < -0.3 is 4.74 Å². The number of carbonyl (C=O) groups is 1. The van der Waals surface area contributed by atoms with E-state index in [1.54, 1.807) is 0 Å². The number of ketones is 1. The molecule has 2 aliphatic rings. The van der Waals surface area contributed by atoms with Crippen LogP contribution < -0.4 is 0 Å². The van der Waals surface area contributed by atoms with Crippen molar-refractivity contribution in [3.05, 3.63) is 0 Å². The van der Waals surface area contributed by atoms with Crippen LogP contribution in [0.3, 0.4) is 0 Å². The second-order valence-corrected chi connectivity index (χ2v) is 9.54. The summed E-state index contributed by atoms with van der Waals surface area (Å²) in [5.74, 6) is 1.58. The highest BCUT2D eigenvalue weighted by Crippen LogP contribution is 2.46. The molecule has 2 rings (SSSR count). The van der Waals surface area contributed by atoms with Crippen molar-refractivity contribution < 1.29 is 9.53 Å². The Bertz CT molecular complexity index is 392. The Morgan fingerprint density at radius 3 is 1.90 bits per heavy atom. The molecule has 0 aromatic rings. The molecule has 1 saturated heterocycles. The van der Waals surface area contributed by atoms with E-state index in [-0.39, 0.29) is 23.0 Å². The SMILES string of the molecule is CC1(C)CC(C(=O)C2CCC(C(C)(C)C)CC2)C(C)(C)O1. The molecule has 0 amide bonds. The smallest absolute Gasteiger partial charge is 0.142 e. The highest BCUT2D eigenvalue weighted by atomic mass is 16.5. The van der Waals surface area contributed by atoms with Crippen LogP contribution in [0.5, 0.6) is 0 Å². The van der Waals surface area contributed by atoms with Crippen LogP contribution in [0, 0.1) is 23.2 Å². The van der Waals surface area contributed by atoms with Gasteiger partial charge in [0.1, 0.15) is 5.78 Å². The molecule has 1 aliphatic heterocycles. The number of carbonyl (C=O) groups excluding carboxylic acids is 1. The fraction of sp³-hybridized carbons (Fsp3) is 0.947. The highest BCUT2D eigenvalue weighted by Gasteiger charge is 2.50. The Hall–Kier alpha value is -0.370. The summed E-state index contributed by atoms with van der Waals surface area (Å²) in [4.78, 5) is 13.0. The van der Waals surface area contributed by atoms with Crippen LogP contribution in [0.2, 0.25) is 0 Å². The molecule has 21 heavy (non-hydrogen) atoms. The van der Waals surface area contributed by atoms with E-state index >= 15 is 0 Å². The van der Waals surface area contributed by atoms with E-state index in [0.29, 0.717) is 11.2 Å². The topological polar surface area (TPSA) is 26.3 Å². The van der Waals surface area contributed by atoms with Crippen molar-refractivity contribution in [2.75, 3.05) is 0 Å². The first kappa shape index (κ1) is 17.0. The number of Topliss-reactive ketones (excluding diaryl/α,β-unsaturated/α-hetero) is 1. The van der Waals surface area contributed by atoms with E-state index in [4.69, 9.17) is 4.74 Å². The van der Waals surface area contributed by atoms with Gasteiger partial charge in [0.15, 0.2) is 0 Å². The molecule has 122 valence electrons. The molecular weight excluding hydrogens is 260 g/mol. The van der Waals surface area contributed by atoms with E-state index in [1.165, 1.54) is 12.8 Å². The van der Waals surface area contributed by atoms with Crippen molar-refractivity contribution in [1.82, 2.24) is 0 Å². The summed E-state index contributed by atoms with van der Waals surface area (Å²) in [6.07, 6.45) is 5.44. The zero-order valence-electron chi connectivity index (χ0n) is 15.1. The van der Waals surface area contributed by atoms with Crippen LogP contribution in [0.15, 0.2) is 0 Å². The van der Waals surface area contributed by atoms with E-state index < -0.39 is 0 Å². The van der Waals surface area contributed by atoms with E-state index in [1.807, 2.05) is 0 Å². The Kier molecular flexibility index (Phi) is 4.34. The van der Waals surface area contributed by atoms with Gasteiger partial charge in [0.2, 0.25) is 0 Å². The summed E-state index contributed by atoms with van der Waals surface area (Å²) in [6, 6.07) is 0. The fourth-order valence-electron chi connectivity index (χ4n) is 4.53. The van der Waals surface area contributed by atoms with E-state index in [0.717, 1.165) is 25.2 Å². The molecule has 1 unspecified atom stereocenters. The highest BCUT2D eigenvalue weighted by molar-refractivity contribution is 5.85. The Morgan fingerprint density at radius 2 is 1.52 bits per heavy atom. The van der Waals surface area contributed by atoms with E-state index in [9.17, 15) is 4.79 Å². The summed E-state index contributed by atoms with van der Waals surface area (Å²) in [7, 11) is 0. The lowest BCUT2D eigenvalue weighted by Crippen LogP contribution is -2.38. The van der Waals surface area contributed by atoms with Crippen LogP contribution in [0.25, 0.3) is 0 Å². The molecule has 0 spiro atoms. The minimum absolute atomic E-state index is 0.0729. The first-order valence-corrected chi connectivity index (χ1v) is 8.66. The monoisotopic (exact) mass is 294 g/mol. The number of hydrogen-bond donors (Lipinski definition) is 0. The van der Waals surface area contributed by atoms with Gasteiger partial charge in [0, 0.05) is 11.8 Å². The van der Waals surface area contributed by atoms with Gasteiger partial charge in [-0.3, -0.25) is 4.79 Å². The van der Waals surface area contributed by atoms with Crippen molar-refractivity contribution in [3.8, 4) is 0 Å². The summed E-state index contributed by atoms with van der Waals surface area (Å²) >= 11 is 0. The molecule has 2 fully saturated rings. The first-order chi connectivity index (χ1) is 9.42. The minimum Gasteiger partial charge on any atom is -0.369 e. The molecule has 2 heteroatoms. The molecular formula is C19H34O2. The molecule has 0 N–H and O–H groups in total. The molecule has 1 saturated carbocycles. The fourth-order valence-corrected chi connectivity index (χ4v) is 4.53. The van der Waals surface area contributed by atoms with Gasteiger partial charge >= 0.3 is 0 Å². The molecule has 1 aliphatic carbocycles. The molecule has 1 atom stereocenters. The van der Waals surface area contributed by atoms with Crippen LogP contribution in [0.1, 0.15) is 80.6 Å². The van der Waals surface area contributed by atoms with Crippen molar-refractivity contribution in [1.29, 1.82) is 0 Å². The van der Waals surface area contributed by atoms with Crippen LogP contribution in [-0.4, -0.2) is 17.0 Å². The third kappa shape index (κ3) is 3.70. The maximum atomic E-state index is 13.0. The normalized spacial score (nSPS) is 35.7. The van der Waals surface area contributed by atoms with Gasteiger partial charge in [0.25, 0.3) is 0 Å². The zero-order chi connectivity index (χ0) is 16.1. The lowest BCUT2D eigenvalue weighted by atomic mass is 9.67. The second kappa shape index (κ2) is 5.37. The standard InChI is InChI=1S/C19H34O2/c1-17(2,3)14-10-8-13(9-11-14)16(20)15-12-18(4,5)21-19(15,6)7/h13-15H,8-12H2,1-7H3. The van der Waals surface area contributed by atoms with Crippen LogP contribution in [0.4, 0.5) is 0 Å². The second-order valence-electron chi connectivity index (χ2n) is 9.54. The van der Waals surface area contributed by atoms with Gasteiger partial charge in [0.05, 0.1) is 11.2 Å². The van der Waals surface area contributed by atoms with Gasteiger partial charge in [-0.05, 0) is 71.1 Å². The van der Waals surface area contributed by atoms with Gasteiger partial charge in [-0.25, -0.2) is 0 Å². The van der Waals surface area contributed by atoms with Crippen molar-refractivity contribution in [3.63, 3.8) is 0 Å². The Morgan fingerprint density at radius 1 is 1.00 bits per heavy atom. The van der Waals surface area contributed by atoms with Gasteiger partial charge in [-0.1, -0.05) is 20.8 Å². The summed E-state index contributed by atoms with van der Waals surface area (Å²) in [5, 5.41) is 0. The maximum Gasteiger partial charge on any atom is 0.142 e. The van der Waals surface area contributed by atoms with Crippen molar-refractivity contribution in [2.45, 2.75) is 91.8 Å². The van der Waals surface area contributed by atoms with Crippen LogP contribution in [-0.2, 0) is 9.53 Å². The molecule has 1 heterocycles. The minimum atomic E-state index is -0.304. The van der Waals surface area contributed by atoms with Crippen molar-refractivity contribution >= 4 is 5.78 Å². The first-order valence-electron chi connectivity index (χ1n) is 8.66. The molecule has 0 aromatic carbocycles. The average Bonchev–Trinajstić information content (AvgIpc) is 2.55. The van der Waals surface area contributed by atoms with E-state index in [2.05, 4.69) is 48.5 Å². The third-order valence-corrected chi connectivity index (χ3v) is 5.77. The molecule has 0 radical (unpaired) electrons. The Labute approximate surface area is 131 Å². The summed E-state index contributed by atoms with van der Waals surface area (Å²) in [6.45, 7) is 15.4. The number of rotatable bonds is 2. The quantitative estimate of drug-likeness (QED) is 0.716. The largest absolute Gasteiger partial charge is 0.369 e. The van der Waals surface area contributed by atoms with Crippen LogP contribution >= 0.6 is 0 Å². The molecule has 0 bridgehead atoms. The number of ether oxygens (including phenoxy) is 1. The zero-order valence-corrected chi connectivity index (χ0v) is 15.1. The predicted octanol–water partition coefficient (Wildman–Crippen LogP) is 5.00. The van der Waals surface area contributed by atoms with Gasteiger partial charge in [-0.2, -0.15) is 0 Å². The maximum absolute atomic E-state index is 13.0. The Balaban J connectivity index is 2.00. The average molecular weight is 294 g/mol. The summed E-state index contributed by atoms with van der Waals surface area (Å²) < 4.78 is 6.12. The third-order valence-electron chi connectivity index (χ3n) is 5.77. The summed E-state index contributed by atoms with van der Waals surface area (Å²) in [5.41, 5.74) is -0.0837. The van der Waals surface area contributed by atoms with Crippen molar-refractivity contribution in [2.24, 2.45) is 23.2 Å². The number of hydrogen-bond acceptors (Lipinski definition) is 2.